The quantitative estimate of drug-likeness (QED) is 0.127. The average molecular weight is 856 g/mol. The number of anilines is 3. The number of hydrogen-bond acceptors (Lipinski definition) is 2. The lowest BCUT2D eigenvalue weighted by molar-refractivity contribution is 0.669. The Hall–Kier alpha value is -8.72. The molecule has 0 saturated carbocycles. The summed E-state index contributed by atoms with van der Waals surface area (Å²) in [6, 6.07) is 98.8. The number of benzene rings is 11. The monoisotopic (exact) mass is 855 g/mol. The van der Waals surface area contributed by atoms with Crippen LogP contribution in [-0.4, -0.2) is 0 Å². The van der Waals surface area contributed by atoms with Crippen molar-refractivity contribution in [2.45, 2.75) is 5.41 Å². The van der Waals surface area contributed by atoms with Gasteiger partial charge in [0, 0.05) is 27.4 Å². The van der Waals surface area contributed by atoms with Gasteiger partial charge in [0.05, 0.1) is 16.8 Å². The Bertz CT molecular complexity index is 3560. The van der Waals surface area contributed by atoms with Crippen LogP contribution in [0.4, 0.5) is 17.1 Å². The number of para-hydroxylation sites is 2. The lowest BCUT2D eigenvalue weighted by atomic mass is 9.65. The van der Waals surface area contributed by atoms with Crippen molar-refractivity contribution in [3.63, 3.8) is 0 Å². The van der Waals surface area contributed by atoms with Crippen molar-refractivity contribution in [3.05, 3.63) is 295 Å². The van der Waals surface area contributed by atoms with E-state index in [9.17, 15) is 0 Å². The van der Waals surface area contributed by atoms with Crippen molar-refractivity contribution < 1.29 is 4.42 Å². The molecular formula is C65H45NO. The summed E-state index contributed by atoms with van der Waals surface area (Å²) in [5, 5.41) is 4.61. The van der Waals surface area contributed by atoms with Gasteiger partial charge in [0.1, 0.15) is 11.2 Å². The molecule has 12 rings (SSSR count). The molecule has 12 aromatic rings. The maximum Gasteiger partial charge on any atom is 0.135 e. The number of hydrogen-bond donors (Lipinski definition) is 0. The van der Waals surface area contributed by atoms with Crippen LogP contribution >= 0.6 is 0 Å². The van der Waals surface area contributed by atoms with Crippen LogP contribution in [0.2, 0.25) is 0 Å². The minimum absolute atomic E-state index is 0.517. The first-order valence-corrected chi connectivity index (χ1v) is 23.0. The van der Waals surface area contributed by atoms with Crippen molar-refractivity contribution in [1.82, 2.24) is 0 Å². The zero-order chi connectivity index (χ0) is 44.6. The van der Waals surface area contributed by atoms with Crippen LogP contribution in [0, 0.1) is 0 Å². The predicted octanol–water partition coefficient (Wildman–Crippen LogP) is 17.6. The maximum absolute atomic E-state index is 6.17. The Morgan fingerprint density at radius 3 is 1.40 bits per heavy atom. The van der Waals surface area contributed by atoms with Crippen LogP contribution in [0.5, 0.6) is 0 Å². The zero-order valence-corrected chi connectivity index (χ0v) is 36.8. The van der Waals surface area contributed by atoms with E-state index < -0.39 is 5.41 Å². The Labute approximate surface area is 391 Å². The molecule has 11 aromatic carbocycles. The van der Waals surface area contributed by atoms with Gasteiger partial charge in [-0.2, -0.15) is 0 Å². The molecule has 1 aromatic heterocycles. The van der Waals surface area contributed by atoms with E-state index in [0.717, 1.165) is 61.3 Å². The van der Waals surface area contributed by atoms with Crippen LogP contribution < -0.4 is 4.90 Å². The Morgan fingerprint density at radius 1 is 0.269 bits per heavy atom. The van der Waals surface area contributed by atoms with E-state index in [0.29, 0.717) is 0 Å². The van der Waals surface area contributed by atoms with Crippen molar-refractivity contribution in [3.8, 4) is 33.4 Å². The van der Waals surface area contributed by atoms with Crippen molar-refractivity contribution in [1.29, 1.82) is 0 Å². The largest absolute Gasteiger partial charge is 0.456 e. The molecule has 0 unspecified atom stereocenters. The SMILES string of the molecule is c1ccc(-c2ccccc2N(c2ccc(-c3ccc4oc5ccccc5c4c3)cc2)c2ccc(-c3ccc(C(c4ccccc4)(c4ccccc4)c4ccccc4)cc3)c3ccccc23)cc1. The molecule has 0 radical (unpaired) electrons. The summed E-state index contributed by atoms with van der Waals surface area (Å²) in [6.07, 6.45) is 0. The fourth-order valence-electron chi connectivity index (χ4n) is 10.3. The second kappa shape index (κ2) is 17.0. The number of fused-ring (bicyclic) bond motifs is 4. The van der Waals surface area contributed by atoms with E-state index >= 15 is 0 Å². The zero-order valence-electron chi connectivity index (χ0n) is 36.8. The molecule has 0 amide bonds. The van der Waals surface area contributed by atoms with Gasteiger partial charge < -0.3 is 9.32 Å². The Kier molecular flexibility index (Phi) is 10.1. The number of rotatable bonds is 10. The summed E-state index contributed by atoms with van der Waals surface area (Å²) in [5.41, 5.74) is 16.4. The van der Waals surface area contributed by atoms with E-state index in [1.165, 1.54) is 44.2 Å². The van der Waals surface area contributed by atoms with E-state index in [1.54, 1.807) is 0 Å². The summed E-state index contributed by atoms with van der Waals surface area (Å²) in [7, 11) is 0. The molecule has 67 heavy (non-hydrogen) atoms. The third kappa shape index (κ3) is 6.99. The lowest BCUT2D eigenvalue weighted by Gasteiger charge is -2.37. The van der Waals surface area contributed by atoms with Gasteiger partial charge in [-0.1, -0.05) is 231 Å². The van der Waals surface area contributed by atoms with Gasteiger partial charge >= 0.3 is 0 Å². The van der Waals surface area contributed by atoms with Gasteiger partial charge in [-0.15, -0.1) is 0 Å². The van der Waals surface area contributed by atoms with Gasteiger partial charge in [-0.25, -0.2) is 0 Å². The predicted molar refractivity (Wildman–Crippen MR) is 281 cm³/mol. The highest BCUT2D eigenvalue weighted by Gasteiger charge is 2.38. The van der Waals surface area contributed by atoms with Gasteiger partial charge in [0.15, 0.2) is 0 Å². The summed E-state index contributed by atoms with van der Waals surface area (Å²) < 4.78 is 6.17. The third-order valence-corrected chi connectivity index (χ3v) is 13.5. The summed E-state index contributed by atoms with van der Waals surface area (Å²) in [5.74, 6) is 0. The van der Waals surface area contributed by atoms with Crippen LogP contribution in [0.3, 0.4) is 0 Å². The molecule has 0 fully saturated rings. The van der Waals surface area contributed by atoms with Crippen molar-refractivity contribution >= 4 is 49.8 Å². The molecule has 0 aliphatic heterocycles. The maximum atomic E-state index is 6.17. The molecule has 0 bridgehead atoms. The standard InChI is InChI=1S/C65H45NO/c1-5-19-47(20-6-1)56-27-15-17-31-61(56)66(54-40-35-46(36-41-54)49-37-44-64-60(45-49)59-30-16-18-32-63(59)67-64)62-43-42-55(57-28-13-14-29-58(57)62)48-33-38-53(39-34-48)65(50-21-7-2-8-22-50,51-23-9-3-10-24-51)52-25-11-4-12-26-52/h1-45H. The van der Waals surface area contributed by atoms with Crippen LogP contribution in [0.25, 0.3) is 66.1 Å². The fraction of sp³-hybridized carbons (Fsp3) is 0.0154. The highest BCUT2D eigenvalue weighted by molar-refractivity contribution is 6.08. The molecule has 0 aliphatic rings. The first kappa shape index (κ1) is 39.8. The molecule has 2 nitrogen and oxygen atoms in total. The summed E-state index contributed by atoms with van der Waals surface area (Å²) >= 11 is 0. The highest BCUT2D eigenvalue weighted by atomic mass is 16.3. The van der Waals surface area contributed by atoms with E-state index in [-0.39, 0.29) is 0 Å². The molecule has 1 heterocycles. The second-order valence-corrected chi connectivity index (χ2v) is 17.2. The molecule has 0 saturated heterocycles. The topological polar surface area (TPSA) is 16.4 Å². The van der Waals surface area contributed by atoms with Crippen LogP contribution in [0.1, 0.15) is 22.3 Å². The molecule has 316 valence electrons. The highest BCUT2D eigenvalue weighted by Crippen LogP contribution is 2.48. The minimum atomic E-state index is -0.517. The van der Waals surface area contributed by atoms with Gasteiger partial charge in [-0.3, -0.25) is 0 Å². The average Bonchev–Trinajstić information content (AvgIpc) is 3.79. The fourth-order valence-corrected chi connectivity index (χ4v) is 10.3. The lowest BCUT2D eigenvalue weighted by Crippen LogP contribution is -2.30. The van der Waals surface area contributed by atoms with Gasteiger partial charge in [0.25, 0.3) is 0 Å². The Balaban J connectivity index is 0.993. The van der Waals surface area contributed by atoms with E-state index in [2.05, 4.69) is 266 Å². The second-order valence-electron chi connectivity index (χ2n) is 17.2. The molecule has 0 aliphatic carbocycles. The molecular weight excluding hydrogens is 811 g/mol. The molecule has 0 spiro atoms. The third-order valence-electron chi connectivity index (χ3n) is 13.5. The van der Waals surface area contributed by atoms with Crippen molar-refractivity contribution in [2.75, 3.05) is 4.90 Å². The number of nitrogens with zero attached hydrogens (tertiary/aromatic N) is 1. The van der Waals surface area contributed by atoms with Gasteiger partial charge in [0.2, 0.25) is 0 Å². The smallest absolute Gasteiger partial charge is 0.135 e. The normalized spacial score (nSPS) is 11.6. The summed E-state index contributed by atoms with van der Waals surface area (Å²) in [4.78, 5) is 2.43. The Morgan fingerprint density at radius 2 is 0.746 bits per heavy atom. The van der Waals surface area contributed by atoms with E-state index in [4.69, 9.17) is 4.42 Å². The minimum Gasteiger partial charge on any atom is -0.456 e. The number of furan rings is 1. The van der Waals surface area contributed by atoms with Crippen LogP contribution in [0.15, 0.2) is 277 Å². The molecule has 0 N–H and O–H groups in total. The summed E-state index contributed by atoms with van der Waals surface area (Å²) in [6.45, 7) is 0. The van der Waals surface area contributed by atoms with Gasteiger partial charge in [-0.05, 0) is 97.9 Å². The molecule has 0 atom stereocenters. The first-order valence-electron chi connectivity index (χ1n) is 23.0. The van der Waals surface area contributed by atoms with Crippen LogP contribution in [-0.2, 0) is 5.41 Å². The van der Waals surface area contributed by atoms with E-state index in [1.807, 2.05) is 12.1 Å². The van der Waals surface area contributed by atoms with Crippen molar-refractivity contribution in [2.24, 2.45) is 0 Å². The molecule has 2 heteroatoms. The first-order chi connectivity index (χ1) is 33.2.